The van der Waals surface area contributed by atoms with Crippen LogP contribution in [0.4, 0.5) is 13.2 Å². The summed E-state index contributed by atoms with van der Waals surface area (Å²) in [4.78, 5) is 0. The van der Waals surface area contributed by atoms with Crippen LogP contribution in [0.25, 0.3) is 0 Å². The molecule has 0 aromatic rings. The van der Waals surface area contributed by atoms with Gasteiger partial charge < -0.3 is 19.9 Å². The van der Waals surface area contributed by atoms with E-state index < -0.39 is 15.6 Å². The summed E-state index contributed by atoms with van der Waals surface area (Å²) in [6.45, 7) is 16.3. The van der Waals surface area contributed by atoms with Gasteiger partial charge >= 0.3 is 36.3 Å². The van der Waals surface area contributed by atoms with Gasteiger partial charge in [0.15, 0.2) is 10.1 Å². The van der Waals surface area contributed by atoms with Crippen LogP contribution in [0.1, 0.15) is 53.9 Å². The fraction of sp³-hybridized carbons (Fsp3) is 0.714. The molecule has 0 aromatic carbocycles. The van der Waals surface area contributed by atoms with Gasteiger partial charge in [-0.2, -0.15) is 13.2 Å². The Morgan fingerprint density at radius 3 is 1.06 bits per heavy atom. The van der Waals surface area contributed by atoms with Crippen molar-refractivity contribution >= 4 is 18.0 Å². The minimum atomic E-state index is -6.09. The molecule has 5 radical (unpaired) electrons. The summed E-state index contributed by atoms with van der Waals surface area (Å²) in [5, 5.41) is 26.0. The molecule has 34 heavy (non-hydrogen) atoms. The first kappa shape index (κ1) is 41.5. The van der Waals surface area contributed by atoms with E-state index in [0.29, 0.717) is 0 Å². The Morgan fingerprint density at radius 2 is 0.941 bits per heavy atom. The second-order valence-electron chi connectivity index (χ2n) is 7.10. The van der Waals surface area contributed by atoms with E-state index in [2.05, 4.69) is 41.3 Å². The molecule has 0 bridgehead atoms. The second kappa shape index (κ2) is 22.6. The molecule has 1 aliphatic carbocycles. The van der Waals surface area contributed by atoms with Crippen LogP contribution in [0.15, 0.2) is 0 Å². The third-order valence-electron chi connectivity index (χ3n) is 4.99. The monoisotopic (exact) mass is 622 g/mol. The van der Waals surface area contributed by atoms with Crippen LogP contribution < -0.4 is 0 Å². The van der Waals surface area contributed by atoms with E-state index >= 15 is 0 Å². The van der Waals surface area contributed by atoms with Crippen molar-refractivity contribution in [3.05, 3.63) is 36.2 Å². The van der Waals surface area contributed by atoms with Crippen molar-refractivity contribution < 1.29 is 65.6 Å². The van der Waals surface area contributed by atoms with Gasteiger partial charge in [-0.25, -0.2) is 8.42 Å². The van der Waals surface area contributed by atoms with Gasteiger partial charge in [0, 0.05) is 19.8 Å². The molecule has 201 valence electrons. The molecule has 0 aromatic heterocycles. The van der Waals surface area contributed by atoms with Gasteiger partial charge in [0.05, 0.1) is 0 Å². The van der Waals surface area contributed by atoms with E-state index in [4.69, 9.17) is 32.9 Å². The first-order chi connectivity index (χ1) is 15.1. The molecule has 1 rings (SSSR count). The van der Waals surface area contributed by atoms with Crippen molar-refractivity contribution in [1.82, 2.24) is 0 Å². The number of hydrogen-bond acceptors (Lipinski definition) is 6. The third-order valence-corrected chi connectivity index (χ3v) is 8.41. The Kier molecular flexibility index (Phi) is 27.5. The van der Waals surface area contributed by atoms with Crippen molar-refractivity contribution in [2.45, 2.75) is 59.4 Å². The average molecular weight is 622 g/mol. The number of hydrogen-bond donors (Lipinski definition) is 3. The summed E-state index contributed by atoms with van der Waals surface area (Å²) in [6, 6.07) is 0. The molecule has 0 aliphatic heterocycles. The van der Waals surface area contributed by atoms with Crippen molar-refractivity contribution in [2.24, 2.45) is 0 Å². The number of rotatable bonds is 9. The third kappa shape index (κ3) is 18.6. The fourth-order valence-electron chi connectivity index (χ4n) is 2.62. The maximum atomic E-state index is 10.7. The summed E-state index contributed by atoms with van der Waals surface area (Å²) in [6.07, 6.45) is 5.82. The molecule has 7 nitrogen and oxygen atoms in total. The van der Waals surface area contributed by atoms with E-state index in [1.807, 2.05) is 0 Å². The first-order valence-electron chi connectivity index (χ1n) is 10.1. The number of halogens is 3. The van der Waals surface area contributed by atoms with Gasteiger partial charge in [0.1, 0.15) is 0 Å². The molecule has 1 aliphatic rings. The maximum absolute atomic E-state index is 10.7. The summed E-state index contributed by atoms with van der Waals surface area (Å²) in [5.74, 6) is 7.34. The summed E-state index contributed by atoms with van der Waals surface area (Å²) >= 11 is 0. The molecule has 0 atom stereocenters. The predicted molar refractivity (Wildman–Crippen MR) is 121 cm³/mol. The maximum Gasteiger partial charge on any atom is 2.00 e. The topological polar surface area (TPSA) is 138 Å². The molecule has 3 N–H and O–H groups in total. The summed E-state index contributed by atoms with van der Waals surface area (Å²) < 4.78 is 66.4. The Hall–Kier alpha value is 0.373. The van der Waals surface area contributed by atoms with E-state index in [-0.39, 0.29) is 47.2 Å². The second-order valence-corrected chi connectivity index (χ2v) is 11.2. The molecule has 0 unspecified atom stereocenters. The molecule has 1 fully saturated rings. The number of alkyl halides is 3. The average Bonchev–Trinajstić information content (AvgIpc) is 2.92. The summed E-state index contributed by atoms with van der Waals surface area (Å²) in [5.41, 5.74) is -5.65. The van der Waals surface area contributed by atoms with Gasteiger partial charge in [-0.3, -0.25) is 0 Å². The van der Waals surface area contributed by atoms with E-state index in [0.717, 1.165) is 37.7 Å². The van der Waals surface area contributed by atoms with E-state index in [1.54, 1.807) is 0 Å². The van der Waals surface area contributed by atoms with Crippen LogP contribution in [-0.4, -0.2) is 72.1 Å². The molecule has 0 saturated heterocycles. The van der Waals surface area contributed by atoms with Crippen LogP contribution in [0.5, 0.6) is 0 Å². The summed E-state index contributed by atoms with van der Waals surface area (Å²) in [7, 11) is -6.15. The number of aliphatic hydroxyl groups excluding tert-OH is 3. The van der Waals surface area contributed by atoms with Crippen LogP contribution >= 0.6 is 7.92 Å². The quantitative estimate of drug-likeness (QED) is 0.0899. The Morgan fingerprint density at radius 1 is 0.765 bits per heavy atom. The standard InChI is InChI=1S/C10H15.C9H21O3P.CHF3O3S.CO.Ru/c1-6-7(2)9(4)10(5)8(6)3;10-4-1-7-13(8-2-5-11)9-3-6-12;2-1(3,4)8(5,6)7;1-2;/h1-5H3;10-12H,1-9H2;(H,5,6,7);;/q;;;;+2/p-1. The number of aliphatic hydroxyl groups is 3. The zero-order chi connectivity index (χ0) is 26.8. The molecule has 0 heterocycles. The molecular formula is C21H36F3O7PRuS+. The normalized spacial score (nSPS) is 16.0. The Labute approximate surface area is 217 Å². The van der Waals surface area contributed by atoms with Gasteiger partial charge in [-0.05, 0) is 67.3 Å². The van der Waals surface area contributed by atoms with Gasteiger partial charge in [0.2, 0.25) is 0 Å². The molecule has 0 spiro atoms. The SMILES string of the molecule is C[C]1[C](C)[C](C)[C](C)[C]1C.O=S(=O)([O-])C(F)(F)F.OCCCP(CCCO)CCCO.[C-]#[O+].[Ru+2]. The molecular weight excluding hydrogens is 585 g/mol. The van der Waals surface area contributed by atoms with Crippen molar-refractivity contribution in [3.8, 4) is 0 Å². The molecule has 13 heteroatoms. The van der Waals surface area contributed by atoms with E-state index in [9.17, 15) is 13.2 Å². The minimum Gasteiger partial charge on any atom is 2.00 e. The van der Waals surface area contributed by atoms with Gasteiger partial charge in [0.25, 0.3) is 0 Å². The van der Waals surface area contributed by atoms with Crippen molar-refractivity contribution in [2.75, 3.05) is 38.3 Å². The van der Waals surface area contributed by atoms with Gasteiger partial charge in [-0.15, -0.1) is 7.92 Å². The largest absolute Gasteiger partial charge is 2.00 e. The Bertz CT molecular complexity index is 531. The van der Waals surface area contributed by atoms with Crippen molar-refractivity contribution in [1.29, 1.82) is 0 Å². The molecule has 0 amide bonds. The fourth-order valence-corrected chi connectivity index (χ4v) is 5.06. The van der Waals surface area contributed by atoms with Crippen molar-refractivity contribution in [3.63, 3.8) is 0 Å². The van der Waals surface area contributed by atoms with E-state index in [1.165, 1.54) is 29.6 Å². The predicted octanol–water partition coefficient (Wildman–Crippen LogP) is 3.60. The molecule has 1 saturated carbocycles. The van der Waals surface area contributed by atoms with Gasteiger partial charge in [-0.1, -0.05) is 34.6 Å². The van der Waals surface area contributed by atoms with Crippen LogP contribution in [-0.2, 0) is 34.2 Å². The Balaban J connectivity index is -0.000000193. The first-order valence-corrected chi connectivity index (χ1v) is 13.4. The zero-order valence-electron chi connectivity index (χ0n) is 20.2. The minimum absolute atomic E-state index is 0. The van der Waals surface area contributed by atoms with Crippen LogP contribution in [0.2, 0.25) is 0 Å². The van der Waals surface area contributed by atoms with Crippen LogP contribution in [0.3, 0.4) is 0 Å². The zero-order valence-corrected chi connectivity index (χ0v) is 23.6. The smallest absolute Gasteiger partial charge is 2.00 e. The van der Waals surface area contributed by atoms with Crippen LogP contribution in [0, 0.1) is 36.2 Å².